The summed E-state index contributed by atoms with van der Waals surface area (Å²) in [7, 11) is 0. The first kappa shape index (κ1) is 13.6. The fraction of sp³-hybridized carbons (Fsp3) is 0.643. The Bertz CT molecular complexity index is 393. The minimum Gasteiger partial charge on any atom is -0.352 e. The highest BCUT2D eigenvalue weighted by molar-refractivity contribution is 6.33. The summed E-state index contributed by atoms with van der Waals surface area (Å²) in [5, 5.41) is 0.739. The van der Waals surface area contributed by atoms with E-state index >= 15 is 0 Å². The number of nitrogens with zero attached hydrogens (tertiary/aromatic N) is 2. The van der Waals surface area contributed by atoms with E-state index in [4.69, 9.17) is 17.3 Å². The SMILES string of the molecule is CCCC1CCCCN1c1nccc(CN)c1Cl. The van der Waals surface area contributed by atoms with E-state index in [1.54, 1.807) is 0 Å². The third kappa shape index (κ3) is 2.78. The smallest absolute Gasteiger partial charge is 0.147 e. The van der Waals surface area contributed by atoms with E-state index in [0.29, 0.717) is 12.6 Å². The lowest BCUT2D eigenvalue weighted by atomic mass is 9.98. The van der Waals surface area contributed by atoms with Gasteiger partial charge < -0.3 is 10.6 Å². The van der Waals surface area contributed by atoms with E-state index in [-0.39, 0.29) is 0 Å². The maximum atomic E-state index is 6.42. The highest BCUT2D eigenvalue weighted by Gasteiger charge is 2.25. The molecule has 0 spiro atoms. The van der Waals surface area contributed by atoms with Crippen molar-refractivity contribution in [1.29, 1.82) is 0 Å². The van der Waals surface area contributed by atoms with Crippen molar-refractivity contribution in [2.75, 3.05) is 11.4 Å². The van der Waals surface area contributed by atoms with Crippen molar-refractivity contribution in [2.24, 2.45) is 5.73 Å². The number of aromatic nitrogens is 1. The van der Waals surface area contributed by atoms with Crippen LogP contribution in [0.5, 0.6) is 0 Å². The molecule has 1 aromatic rings. The Hall–Kier alpha value is -0.800. The molecule has 1 unspecified atom stereocenters. The molecule has 0 radical (unpaired) electrons. The Morgan fingerprint density at radius 2 is 2.33 bits per heavy atom. The molecule has 2 heterocycles. The normalized spacial score (nSPS) is 20.2. The standard InChI is InChI=1S/C14H22ClN3/c1-2-5-12-6-3-4-9-18(12)14-13(15)11(10-16)7-8-17-14/h7-8,12H,2-6,9-10,16H2,1H3. The van der Waals surface area contributed by atoms with Crippen molar-refractivity contribution in [2.45, 2.75) is 51.6 Å². The number of piperidine rings is 1. The van der Waals surface area contributed by atoms with Crippen LogP contribution >= 0.6 is 11.6 Å². The number of hydrogen-bond donors (Lipinski definition) is 1. The molecule has 4 heteroatoms. The zero-order valence-electron chi connectivity index (χ0n) is 11.0. The molecule has 0 saturated carbocycles. The zero-order valence-corrected chi connectivity index (χ0v) is 11.8. The molecule has 1 fully saturated rings. The molecule has 1 atom stereocenters. The molecule has 0 aromatic carbocycles. The number of nitrogens with two attached hydrogens (primary N) is 1. The van der Waals surface area contributed by atoms with Gasteiger partial charge >= 0.3 is 0 Å². The van der Waals surface area contributed by atoms with Crippen LogP contribution in [0.25, 0.3) is 0 Å². The second-order valence-electron chi connectivity index (χ2n) is 4.94. The van der Waals surface area contributed by atoms with Gasteiger partial charge in [0, 0.05) is 25.3 Å². The van der Waals surface area contributed by atoms with E-state index in [1.807, 2.05) is 12.3 Å². The quantitative estimate of drug-likeness (QED) is 0.910. The van der Waals surface area contributed by atoms with Crippen molar-refractivity contribution in [3.05, 3.63) is 22.8 Å². The van der Waals surface area contributed by atoms with Crippen LogP contribution in [-0.4, -0.2) is 17.6 Å². The zero-order chi connectivity index (χ0) is 13.0. The summed E-state index contributed by atoms with van der Waals surface area (Å²) >= 11 is 6.42. The summed E-state index contributed by atoms with van der Waals surface area (Å²) in [5.41, 5.74) is 6.70. The van der Waals surface area contributed by atoms with Crippen LogP contribution in [0.15, 0.2) is 12.3 Å². The molecule has 1 saturated heterocycles. The molecule has 0 bridgehead atoms. The molecule has 100 valence electrons. The lowest BCUT2D eigenvalue weighted by Gasteiger charge is -2.37. The minimum absolute atomic E-state index is 0.473. The van der Waals surface area contributed by atoms with Crippen molar-refractivity contribution >= 4 is 17.4 Å². The molecular formula is C14H22ClN3. The van der Waals surface area contributed by atoms with E-state index < -0.39 is 0 Å². The Morgan fingerprint density at radius 1 is 1.50 bits per heavy atom. The van der Waals surface area contributed by atoms with Crippen LogP contribution in [0.1, 0.15) is 44.6 Å². The second-order valence-corrected chi connectivity index (χ2v) is 5.32. The fourth-order valence-electron chi connectivity index (χ4n) is 2.74. The molecule has 18 heavy (non-hydrogen) atoms. The van der Waals surface area contributed by atoms with Crippen LogP contribution in [0.2, 0.25) is 5.02 Å². The van der Waals surface area contributed by atoms with Crippen molar-refractivity contribution in [3.63, 3.8) is 0 Å². The molecule has 0 aliphatic carbocycles. The monoisotopic (exact) mass is 267 g/mol. The number of rotatable bonds is 4. The van der Waals surface area contributed by atoms with Gasteiger partial charge in [-0.25, -0.2) is 4.98 Å². The van der Waals surface area contributed by atoms with Gasteiger partial charge in [-0.3, -0.25) is 0 Å². The van der Waals surface area contributed by atoms with Gasteiger partial charge in [-0.2, -0.15) is 0 Å². The van der Waals surface area contributed by atoms with Gasteiger partial charge in [0.05, 0.1) is 5.02 Å². The van der Waals surface area contributed by atoms with Gasteiger partial charge in [0.15, 0.2) is 0 Å². The molecule has 3 nitrogen and oxygen atoms in total. The Balaban J connectivity index is 2.27. The van der Waals surface area contributed by atoms with E-state index in [9.17, 15) is 0 Å². The lowest BCUT2D eigenvalue weighted by Crippen LogP contribution is -2.40. The number of halogens is 1. The topological polar surface area (TPSA) is 42.2 Å². The largest absolute Gasteiger partial charge is 0.352 e. The van der Waals surface area contributed by atoms with Gasteiger partial charge in [0.2, 0.25) is 0 Å². The molecule has 0 amide bonds. The van der Waals surface area contributed by atoms with E-state index in [2.05, 4.69) is 16.8 Å². The van der Waals surface area contributed by atoms with Gasteiger partial charge in [-0.05, 0) is 37.3 Å². The van der Waals surface area contributed by atoms with Crippen molar-refractivity contribution in [3.8, 4) is 0 Å². The van der Waals surface area contributed by atoms with Gasteiger partial charge in [-0.15, -0.1) is 0 Å². The predicted molar refractivity (Wildman–Crippen MR) is 77.0 cm³/mol. The number of anilines is 1. The van der Waals surface area contributed by atoms with Gasteiger partial charge in [-0.1, -0.05) is 24.9 Å². The van der Waals surface area contributed by atoms with Crippen LogP contribution in [0, 0.1) is 0 Å². The van der Waals surface area contributed by atoms with Gasteiger partial charge in [0.1, 0.15) is 5.82 Å². The fourth-order valence-corrected chi connectivity index (χ4v) is 3.04. The Kier molecular flexibility index (Phi) is 4.84. The first-order chi connectivity index (χ1) is 8.77. The molecule has 1 aromatic heterocycles. The number of hydrogen-bond acceptors (Lipinski definition) is 3. The lowest BCUT2D eigenvalue weighted by molar-refractivity contribution is 0.432. The highest BCUT2D eigenvalue weighted by atomic mass is 35.5. The van der Waals surface area contributed by atoms with E-state index in [0.717, 1.165) is 22.9 Å². The maximum absolute atomic E-state index is 6.42. The Labute approximate surface area is 114 Å². The summed E-state index contributed by atoms with van der Waals surface area (Å²) < 4.78 is 0. The summed E-state index contributed by atoms with van der Waals surface area (Å²) in [4.78, 5) is 6.86. The number of pyridine rings is 1. The van der Waals surface area contributed by atoms with Crippen LogP contribution in [0.4, 0.5) is 5.82 Å². The minimum atomic E-state index is 0.473. The maximum Gasteiger partial charge on any atom is 0.147 e. The van der Waals surface area contributed by atoms with Gasteiger partial charge in [0.25, 0.3) is 0 Å². The second kappa shape index (κ2) is 6.39. The third-order valence-electron chi connectivity index (χ3n) is 3.69. The molecule has 1 aliphatic heterocycles. The summed E-state index contributed by atoms with van der Waals surface area (Å²) in [6, 6.07) is 2.49. The molecule has 2 rings (SSSR count). The molecular weight excluding hydrogens is 246 g/mol. The summed E-state index contributed by atoms with van der Waals surface area (Å²) in [5.74, 6) is 0.928. The average Bonchev–Trinajstić information content (AvgIpc) is 2.40. The molecule has 2 N–H and O–H groups in total. The average molecular weight is 268 g/mol. The summed E-state index contributed by atoms with van der Waals surface area (Å²) in [6.45, 7) is 3.77. The molecule has 1 aliphatic rings. The highest BCUT2D eigenvalue weighted by Crippen LogP contribution is 2.32. The third-order valence-corrected chi connectivity index (χ3v) is 4.10. The Morgan fingerprint density at radius 3 is 3.06 bits per heavy atom. The van der Waals surface area contributed by atoms with Crippen LogP contribution in [0.3, 0.4) is 0 Å². The van der Waals surface area contributed by atoms with Crippen molar-refractivity contribution < 1.29 is 0 Å². The predicted octanol–water partition coefficient (Wildman–Crippen LogP) is 3.35. The van der Waals surface area contributed by atoms with Crippen LogP contribution < -0.4 is 10.6 Å². The first-order valence-corrected chi connectivity index (χ1v) is 7.25. The van der Waals surface area contributed by atoms with E-state index in [1.165, 1.54) is 32.1 Å². The summed E-state index contributed by atoms with van der Waals surface area (Å²) in [6.07, 6.45) is 8.03. The van der Waals surface area contributed by atoms with Crippen molar-refractivity contribution in [1.82, 2.24) is 4.98 Å². The van der Waals surface area contributed by atoms with Crippen LogP contribution in [-0.2, 0) is 6.54 Å². The first-order valence-electron chi connectivity index (χ1n) is 6.88.